The van der Waals surface area contributed by atoms with Crippen LogP contribution in [0.3, 0.4) is 0 Å². The molecule has 0 aliphatic carbocycles. The summed E-state index contributed by atoms with van der Waals surface area (Å²) in [5, 5.41) is 0. The maximum atomic E-state index is 3.26. The highest BCUT2D eigenvalue weighted by atomic mass is 14.0. The van der Waals surface area contributed by atoms with Gasteiger partial charge in [0.05, 0.1) is 0 Å². The van der Waals surface area contributed by atoms with Crippen LogP contribution in [0.5, 0.6) is 0 Å². The van der Waals surface area contributed by atoms with Gasteiger partial charge < -0.3 is 0 Å². The van der Waals surface area contributed by atoms with E-state index in [0.29, 0.717) is 0 Å². The molecule has 0 bridgehead atoms. The third kappa shape index (κ3) is 3.54. The van der Waals surface area contributed by atoms with E-state index < -0.39 is 0 Å². The lowest BCUT2D eigenvalue weighted by Gasteiger charge is -2.01. The molecule has 2 rings (SSSR count). The maximum absolute atomic E-state index is 3.26. The Labute approximate surface area is 97.9 Å². The molecule has 0 aliphatic heterocycles. The molecule has 0 aromatic heterocycles. The summed E-state index contributed by atoms with van der Waals surface area (Å²) < 4.78 is 0. The van der Waals surface area contributed by atoms with Gasteiger partial charge in [0.1, 0.15) is 0 Å². The van der Waals surface area contributed by atoms with E-state index in [0.717, 1.165) is 12.8 Å². The Bertz CT molecular complexity index is 347. The molecule has 0 saturated heterocycles. The lowest BCUT2D eigenvalue weighted by atomic mass is 10.0. The second-order valence-electron chi connectivity index (χ2n) is 3.98. The molecule has 0 heterocycles. The third-order valence-corrected chi connectivity index (χ3v) is 2.69. The van der Waals surface area contributed by atoms with Crippen LogP contribution in [0, 0.1) is 12.1 Å². The Morgan fingerprint density at radius 1 is 0.688 bits per heavy atom. The quantitative estimate of drug-likeness (QED) is 0.655. The second kappa shape index (κ2) is 6.12. The molecule has 0 amide bonds. The van der Waals surface area contributed by atoms with Crippen LogP contribution in [0.2, 0.25) is 0 Å². The van der Waals surface area contributed by atoms with Gasteiger partial charge in [0.2, 0.25) is 0 Å². The Morgan fingerprint density at radius 2 is 1.19 bits per heavy atom. The molecule has 0 spiro atoms. The van der Waals surface area contributed by atoms with E-state index in [4.69, 9.17) is 0 Å². The molecule has 0 nitrogen and oxygen atoms in total. The van der Waals surface area contributed by atoms with Crippen molar-refractivity contribution in [3.63, 3.8) is 0 Å². The Kier molecular flexibility index (Phi) is 4.18. The molecule has 0 unspecified atom stereocenters. The van der Waals surface area contributed by atoms with Crippen molar-refractivity contribution >= 4 is 0 Å². The van der Waals surface area contributed by atoms with Crippen LogP contribution in [0.1, 0.15) is 24.0 Å². The van der Waals surface area contributed by atoms with Crippen LogP contribution in [0.4, 0.5) is 0 Å². The second-order valence-corrected chi connectivity index (χ2v) is 3.98. The lowest BCUT2D eigenvalue weighted by Crippen LogP contribution is -1.89. The van der Waals surface area contributed by atoms with E-state index in [9.17, 15) is 0 Å². The Morgan fingerprint density at radius 3 is 1.56 bits per heavy atom. The first-order valence-electron chi connectivity index (χ1n) is 5.86. The van der Waals surface area contributed by atoms with Gasteiger partial charge in [0, 0.05) is 0 Å². The van der Waals surface area contributed by atoms with Crippen LogP contribution in [-0.4, -0.2) is 0 Å². The molecule has 0 atom stereocenters. The van der Waals surface area contributed by atoms with Crippen molar-refractivity contribution in [2.75, 3.05) is 0 Å². The van der Waals surface area contributed by atoms with Crippen molar-refractivity contribution in [2.45, 2.75) is 25.7 Å². The third-order valence-electron chi connectivity index (χ3n) is 2.69. The summed E-state index contributed by atoms with van der Waals surface area (Å²) in [6.45, 7) is 0. The minimum atomic E-state index is 1.13. The fourth-order valence-corrected chi connectivity index (χ4v) is 1.80. The first-order chi connectivity index (χ1) is 7.95. The summed E-state index contributed by atoms with van der Waals surface area (Å²) in [5.74, 6) is 0. The van der Waals surface area contributed by atoms with Gasteiger partial charge in [-0.2, -0.15) is 0 Å². The van der Waals surface area contributed by atoms with Gasteiger partial charge >= 0.3 is 0 Å². The fraction of sp³-hybridized carbons (Fsp3) is 0.250. The largest absolute Gasteiger partial charge is 0.0620 e. The molecule has 0 heteroatoms. The van der Waals surface area contributed by atoms with Crippen molar-refractivity contribution in [3.8, 4) is 0 Å². The highest BCUT2D eigenvalue weighted by Gasteiger charge is 1.94. The van der Waals surface area contributed by atoms with Gasteiger partial charge in [-0.3, -0.25) is 0 Å². The zero-order valence-corrected chi connectivity index (χ0v) is 9.45. The van der Waals surface area contributed by atoms with Crippen molar-refractivity contribution in [1.29, 1.82) is 0 Å². The molecule has 16 heavy (non-hydrogen) atoms. The highest BCUT2D eigenvalue weighted by molar-refractivity contribution is 5.14. The number of aryl methyl sites for hydroxylation is 2. The number of hydrogen-bond acceptors (Lipinski definition) is 0. The van der Waals surface area contributed by atoms with E-state index in [1.54, 1.807) is 0 Å². The first kappa shape index (κ1) is 10.9. The van der Waals surface area contributed by atoms with Crippen molar-refractivity contribution in [2.24, 2.45) is 0 Å². The first-order valence-corrected chi connectivity index (χ1v) is 5.86. The summed E-state index contributed by atoms with van der Waals surface area (Å²) in [4.78, 5) is 0. The minimum absolute atomic E-state index is 1.13. The van der Waals surface area contributed by atoms with Gasteiger partial charge in [-0.1, -0.05) is 48.5 Å². The Balaban J connectivity index is 1.70. The topological polar surface area (TPSA) is 0 Å². The molecule has 2 aromatic rings. The zero-order chi connectivity index (χ0) is 11.1. The van der Waals surface area contributed by atoms with E-state index in [-0.39, 0.29) is 0 Å². The average Bonchev–Trinajstić information content (AvgIpc) is 2.37. The van der Waals surface area contributed by atoms with E-state index in [1.165, 1.54) is 24.0 Å². The van der Waals surface area contributed by atoms with E-state index in [2.05, 4.69) is 36.4 Å². The fourth-order valence-electron chi connectivity index (χ4n) is 1.80. The Hall–Kier alpha value is -1.56. The number of unbranched alkanes of at least 4 members (excludes halogenated alkanes) is 1. The normalized spacial score (nSPS) is 10.2. The standard InChI is InChI=1S/C16H16/c1-3-9-15(10-4-1)13-7-8-14-16-11-5-2-6-12-16/h1-6,9,11H,7-8,13-14H2. The summed E-state index contributed by atoms with van der Waals surface area (Å²) in [6.07, 6.45) is 4.72. The van der Waals surface area contributed by atoms with Gasteiger partial charge in [-0.15, -0.1) is 0 Å². The highest BCUT2D eigenvalue weighted by Crippen LogP contribution is 2.08. The van der Waals surface area contributed by atoms with Gasteiger partial charge in [-0.25, -0.2) is 0 Å². The molecular formula is C16H16. The smallest absolute Gasteiger partial charge is 0.0149 e. The lowest BCUT2D eigenvalue weighted by molar-refractivity contribution is 0.733. The molecule has 0 saturated carbocycles. The van der Waals surface area contributed by atoms with Crippen molar-refractivity contribution < 1.29 is 0 Å². The van der Waals surface area contributed by atoms with Crippen molar-refractivity contribution in [3.05, 3.63) is 71.8 Å². The van der Waals surface area contributed by atoms with E-state index >= 15 is 0 Å². The number of benzene rings is 2. The summed E-state index contributed by atoms with van der Waals surface area (Å²) in [6, 6.07) is 23.0. The van der Waals surface area contributed by atoms with Crippen LogP contribution in [0.25, 0.3) is 0 Å². The number of rotatable bonds is 5. The van der Waals surface area contributed by atoms with Crippen LogP contribution < -0.4 is 0 Å². The van der Waals surface area contributed by atoms with Crippen LogP contribution in [-0.2, 0) is 12.8 Å². The average molecular weight is 208 g/mol. The predicted octanol–water partition coefficient (Wildman–Crippen LogP) is 3.85. The van der Waals surface area contributed by atoms with Gasteiger partial charge in [0.25, 0.3) is 0 Å². The van der Waals surface area contributed by atoms with Crippen LogP contribution >= 0.6 is 0 Å². The SMILES string of the molecule is [c]1ccccc1CCCCc1[c]cccc1. The van der Waals surface area contributed by atoms with Gasteiger partial charge in [0.15, 0.2) is 0 Å². The van der Waals surface area contributed by atoms with Gasteiger partial charge in [-0.05, 0) is 48.9 Å². The summed E-state index contributed by atoms with van der Waals surface area (Å²) >= 11 is 0. The molecule has 0 N–H and O–H groups in total. The molecule has 0 fully saturated rings. The molecular weight excluding hydrogens is 192 g/mol. The monoisotopic (exact) mass is 208 g/mol. The molecule has 2 radical (unpaired) electrons. The van der Waals surface area contributed by atoms with E-state index in [1.807, 2.05) is 24.3 Å². The minimum Gasteiger partial charge on any atom is -0.0620 e. The zero-order valence-electron chi connectivity index (χ0n) is 9.45. The van der Waals surface area contributed by atoms with Crippen molar-refractivity contribution in [1.82, 2.24) is 0 Å². The molecule has 80 valence electrons. The summed E-state index contributed by atoms with van der Waals surface area (Å²) in [5.41, 5.74) is 2.64. The number of hydrogen-bond donors (Lipinski definition) is 0. The summed E-state index contributed by atoms with van der Waals surface area (Å²) in [7, 11) is 0. The maximum Gasteiger partial charge on any atom is -0.0149 e. The molecule has 0 aliphatic rings. The predicted molar refractivity (Wildman–Crippen MR) is 67.2 cm³/mol. The molecule has 2 aromatic carbocycles. The van der Waals surface area contributed by atoms with Crippen LogP contribution in [0.15, 0.2) is 48.5 Å².